The fourth-order valence-electron chi connectivity index (χ4n) is 3.60. The van der Waals surface area contributed by atoms with Gasteiger partial charge in [-0.3, -0.25) is 0 Å². The molecule has 0 saturated carbocycles. The molecule has 11 heteroatoms. The van der Waals surface area contributed by atoms with Crippen molar-refractivity contribution in [1.82, 2.24) is 25.9 Å². The maximum atomic E-state index is 5.42. The average molecular weight is 503 g/mol. The molecule has 37 heavy (non-hydrogen) atoms. The van der Waals surface area contributed by atoms with E-state index >= 15 is 0 Å². The molecule has 0 atom stereocenters. The molecule has 0 radical (unpaired) electrons. The SMILES string of the molecule is COc1cc(Nc2ncnc(Nc3ccccc3NNNCc3cccc(C)c3)n2)cc(OC)c1OC. The van der Waals surface area contributed by atoms with Gasteiger partial charge in [0.15, 0.2) is 11.5 Å². The fraction of sp³-hybridized carbons (Fsp3) is 0.192. The monoisotopic (exact) mass is 502 g/mol. The molecule has 1 aromatic heterocycles. The first kappa shape index (κ1) is 25.5. The van der Waals surface area contributed by atoms with E-state index in [0.29, 0.717) is 41.4 Å². The Morgan fingerprint density at radius 1 is 0.757 bits per heavy atom. The Balaban J connectivity index is 1.42. The maximum absolute atomic E-state index is 5.42. The second kappa shape index (κ2) is 12.4. The van der Waals surface area contributed by atoms with Crippen LogP contribution in [0.4, 0.5) is 29.0 Å². The van der Waals surface area contributed by atoms with Crippen LogP contribution in [-0.4, -0.2) is 36.3 Å². The number of rotatable bonds is 12. The molecule has 4 aromatic rings. The Morgan fingerprint density at radius 3 is 2.14 bits per heavy atom. The predicted molar refractivity (Wildman–Crippen MR) is 144 cm³/mol. The standard InChI is InChI=1S/C26H30N8O3/c1-17-8-7-9-18(12-17)15-29-34-33-21-11-6-5-10-20(21)31-26-28-16-27-25(32-26)30-19-13-22(35-2)24(37-4)23(14-19)36-3/h5-14,16,29,33-34H,15H2,1-4H3,(H2,27,28,30,31,32). The number of para-hydroxylation sites is 2. The first-order valence-corrected chi connectivity index (χ1v) is 11.5. The number of hydrazine groups is 2. The minimum Gasteiger partial charge on any atom is -0.493 e. The molecule has 0 unspecified atom stereocenters. The van der Waals surface area contributed by atoms with E-state index in [1.54, 1.807) is 33.5 Å². The van der Waals surface area contributed by atoms with Crippen LogP contribution in [0.25, 0.3) is 0 Å². The van der Waals surface area contributed by atoms with Gasteiger partial charge in [0.2, 0.25) is 17.6 Å². The highest BCUT2D eigenvalue weighted by Crippen LogP contribution is 2.40. The van der Waals surface area contributed by atoms with Crippen molar-refractivity contribution in [2.45, 2.75) is 13.5 Å². The maximum Gasteiger partial charge on any atom is 0.232 e. The zero-order valence-electron chi connectivity index (χ0n) is 21.1. The van der Waals surface area contributed by atoms with E-state index in [-0.39, 0.29) is 0 Å². The van der Waals surface area contributed by atoms with Gasteiger partial charge in [-0.25, -0.2) is 15.4 Å². The molecule has 4 rings (SSSR count). The summed E-state index contributed by atoms with van der Waals surface area (Å²) in [6, 6.07) is 19.6. The van der Waals surface area contributed by atoms with Gasteiger partial charge in [0, 0.05) is 24.4 Å². The molecule has 192 valence electrons. The number of aryl methyl sites for hydroxylation is 1. The molecular weight excluding hydrogens is 472 g/mol. The molecule has 0 spiro atoms. The molecular formula is C26H30N8O3. The second-order valence-corrected chi connectivity index (χ2v) is 7.93. The highest BCUT2D eigenvalue weighted by Gasteiger charge is 2.14. The number of ether oxygens (including phenoxy) is 3. The summed E-state index contributed by atoms with van der Waals surface area (Å²) in [4.78, 5) is 13.0. The highest BCUT2D eigenvalue weighted by atomic mass is 16.5. The molecule has 0 aliphatic carbocycles. The fourth-order valence-corrected chi connectivity index (χ4v) is 3.60. The third kappa shape index (κ3) is 6.75. The number of anilines is 5. The number of benzene rings is 3. The summed E-state index contributed by atoms with van der Waals surface area (Å²) < 4.78 is 16.2. The molecule has 0 aliphatic heterocycles. The van der Waals surface area contributed by atoms with Crippen LogP contribution in [0.3, 0.4) is 0 Å². The number of aromatic nitrogens is 3. The van der Waals surface area contributed by atoms with E-state index < -0.39 is 0 Å². The summed E-state index contributed by atoms with van der Waals surface area (Å²) in [6.07, 6.45) is 1.42. The number of hydrogen-bond donors (Lipinski definition) is 5. The first-order chi connectivity index (χ1) is 18.1. The third-order valence-electron chi connectivity index (χ3n) is 5.33. The molecule has 0 bridgehead atoms. The van der Waals surface area contributed by atoms with Crippen molar-refractivity contribution in [1.29, 1.82) is 0 Å². The van der Waals surface area contributed by atoms with Crippen molar-refractivity contribution in [2.24, 2.45) is 0 Å². The van der Waals surface area contributed by atoms with Gasteiger partial charge in [-0.05, 0) is 24.6 Å². The van der Waals surface area contributed by atoms with Crippen LogP contribution in [-0.2, 0) is 6.54 Å². The summed E-state index contributed by atoms with van der Waals surface area (Å²) in [5.41, 5.74) is 14.0. The number of nitrogens with zero attached hydrogens (tertiary/aromatic N) is 3. The first-order valence-electron chi connectivity index (χ1n) is 11.5. The van der Waals surface area contributed by atoms with Crippen molar-refractivity contribution < 1.29 is 14.2 Å². The quantitative estimate of drug-likeness (QED) is 0.140. The number of hydrogen-bond acceptors (Lipinski definition) is 11. The Labute approximate surface area is 215 Å². The highest BCUT2D eigenvalue weighted by molar-refractivity contribution is 5.72. The summed E-state index contributed by atoms with van der Waals surface area (Å²) in [7, 11) is 4.68. The average Bonchev–Trinajstić information content (AvgIpc) is 2.91. The van der Waals surface area contributed by atoms with Gasteiger partial charge in [0.05, 0.1) is 32.7 Å². The van der Waals surface area contributed by atoms with Crippen LogP contribution in [0.2, 0.25) is 0 Å². The molecule has 0 fully saturated rings. The Hall–Kier alpha value is -4.61. The minimum atomic E-state index is 0.343. The minimum absolute atomic E-state index is 0.343. The molecule has 0 saturated heterocycles. The van der Waals surface area contributed by atoms with E-state index in [1.165, 1.54) is 17.5 Å². The van der Waals surface area contributed by atoms with Crippen LogP contribution in [0, 0.1) is 6.92 Å². The van der Waals surface area contributed by atoms with Gasteiger partial charge < -0.3 is 30.3 Å². The molecule has 11 nitrogen and oxygen atoms in total. The summed E-state index contributed by atoms with van der Waals surface area (Å²) in [5, 5.41) is 6.38. The van der Waals surface area contributed by atoms with Gasteiger partial charge in [-0.2, -0.15) is 10.5 Å². The van der Waals surface area contributed by atoms with Gasteiger partial charge in [0.25, 0.3) is 0 Å². The number of nitrogens with one attached hydrogen (secondary N) is 5. The molecule has 0 aliphatic rings. The van der Waals surface area contributed by atoms with Gasteiger partial charge >= 0.3 is 0 Å². The van der Waals surface area contributed by atoms with Gasteiger partial charge in [-0.1, -0.05) is 42.0 Å². The topological polar surface area (TPSA) is 127 Å². The van der Waals surface area contributed by atoms with Crippen LogP contribution in [0.15, 0.2) is 67.0 Å². The molecule has 1 heterocycles. The van der Waals surface area contributed by atoms with Crippen molar-refractivity contribution in [3.05, 3.63) is 78.1 Å². The molecule has 3 aromatic carbocycles. The number of methoxy groups -OCH3 is 3. The Kier molecular flexibility index (Phi) is 8.53. The smallest absolute Gasteiger partial charge is 0.232 e. The largest absolute Gasteiger partial charge is 0.493 e. The summed E-state index contributed by atoms with van der Waals surface area (Å²) in [6.45, 7) is 2.73. The lowest BCUT2D eigenvalue weighted by Gasteiger charge is -2.15. The zero-order chi connectivity index (χ0) is 26.0. The van der Waals surface area contributed by atoms with E-state index in [0.717, 1.165) is 11.4 Å². The lowest BCUT2D eigenvalue weighted by molar-refractivity contribution is 0.324. The van der Waals surface area contributed by atoms with Crippen molar-refractivity contribution in [2.75, 3.05) is 37.4 Å². The van der Waals surface area contributed by atoms with Crippen LogP contribution in [0.1, 0.15) is 11.1 Å². The third-order valence-corrected chi connectivity index (χ3v) is 5.33. The normalized spacial score (nSPS) is 10.5. The van der Waals surface area contributed by atoms with E-state index in [2.05, 4.69) is 67.1 Å². The predicted octanol–water partition coefficient (Wildman–Crippen LogP) is 4.31. The van der Waals surface area contributed by atoms with Crippen LogP contribution >= 0.6 is 0 Å². The summed E-state index contributed by atoms with van der Waals surface area (Å²) in [5.74, 6) is 2.24. The van der Waals surface area contributed by atoms with E-state index in [4.69, 9.17) is 14.2 Å². The summed E-state index contributed by atoms with van der Waals surface area (Å²) >= 11 is 0. The molecule has 0 amide bonds. The Bertz CT molecular complexity index is 1310. The van der Waals surface area contributed by atoms with E-state index in [9.17, 15) is 0 Å². The second-order valence-electron chi connectivity index (χ2n) is 7.93. The van der Waals surface area contributed by atoms with Crippen molar-refractivity contribution in [3.8, 4) is 17.2 Å². The lowest BCUT2D eigenvalue weighted by Crippen LogP contribution is -2.36. The van der Waals surface area contributed by atoms with Gasteiger partial charge in [0.1, 0.15) is 6.33 Å². The molecule has 5 N–H and O–H groups in total. The van der Waals surface area contributed by atoms with Crippen molar-refractivity contribution in [3.63, 3.8) is 0 Å². The van der Waals surface area contributed by atoms with Crippen molar-refractivity contribution >= 4 is 29.0 Å². The van der Waals surface area contributed by atoms with E-state index in [1.807, 2.05) is 30.3 Å². The van der Waals surface area contributed by atoms with Crippen LogP contribution < -0.4 is 41.2 Å². The lowest BCUT2D eigenvalue weighted by atomic mass is 10.1. The van der Waals surface area contributed by atoms with Crippen LogP contribution in [0.5, 0.6) is 17.2 Å². The van der Waals surface area contributed by atoms with Gasteiger partial charge in [-0.15, -0.1) is 0 Å². The Morgan fingerprint density at radius 2 is 1.46 bits per heavy atom. The zero-order valence-corrected chi connectivity index (χ0v) is 21.1.